The van der Waals surface area contributed by atoms with Crippen molar-refractivity contribution in [2.45, 2.75) is 84.7 Å². The van der Waals surface area contributed by atoms with Crippen LogP contribution in [0.4, 0.5) is 0 Å². The number of amides is 1. The largest absolute Gasteiger partial charge is 0.336 e. The minimum absolute atomic E-state index is 0.0831. The maximum Gasteiger partial charge on any atom is 0.222 e. The number of hydrogen-bond acceptors (Lipinski definition) is 4. The van der Waals surface area contributed by atoms with Gasteiger partial charge in [-0.25, -0.2) is 4.98 Å². The summed E-state index contributed by atoms with van der Waals surface area (Å²) in [6.45, 7) is 7.17. The maximum absolute atomic E-state index is 12.3. The molecule has 2 aromatic rings. The van der Waals surface area contributed by atoms with Gasteiger partial charge in [0.25, 0.3) is 0 Å². The molecule has 1 amide bonds. The number of fused-ring (bicyclic) bond motifs is 1. The lowest BCUT2D eigenvalue weighted by Crippen LogP contribution is -2.38. The molecule has 0 fully saturated rings. The van der Waals surface area contributed by atoms with Crippen molar-refractivity contribution in [3.8, 4) is 0 Å². The minimum Gasteiger partial charge on any atom is -0.336 e. The highest BCUT2D eigenvalue weighted by molar-refractivity contribution is 5.79. The second kappa shape index (κ2) is 11.7. The van der Waals surface area contributed by atoms with E-state index in [9.17, 15) is 9.59 Å². The number of imidazole rings is 1. The zero-order valence-corrected chi connectivity index (χ0v) is 18.4. The van der Waals surface area contributed by atoms with Crippen molar-refractivity contribution >= 4 is 23.2 Å². The van der Waals surface area contributed by atoms with Gasteiger partial charge in [-0.1, -0.05) is 39.5 Å². The fourth-order valence-electron chi connectivity index (χ4n) is 3.79. The van der Waals surface area contributed by atoms with E-state index in [1.165, 1.54) is 12.8 Å². The summed E-state index contributed by atoms with van der Waals surface area (Å²) in [7, 11) is 1.75. The highest BCUT2D eigenvalue weighted by atomic mass is 16.2. The topological polar surface area (TPSA) is 68.1 Å². The first-order valence-corrected chi connectivity index (χ1v) is 10.9. The molecule has 1 atom stereocenters. The molecule has 0 aliphatic rings. The molecule has 0 aliphatic heterocycles. The Labute approximate surface area is 174 Å². The van der Waals surface area contributed by atoms with Crippen LogP contribution in [-0.4, -0.2) is 44.7 Å². The molecule has 2 aromatic heterocycles. The molecule has 0 saturated heterocycles. The number of carbonyl (C=O) groups excluding carboxylic acids is 2. The van der Waals surface area contributed by atoms with Crippen LogP contribution in [0.3, 0.4) is 0 Å². The molecule has 0 aliphatic carbocycles. The molecule has 29 heavy (non-hydrogen) atoms. The summed E-state index contributed by atoms with van der Waals surface area (Å²) in [5.41, 5.74) is 2.12. The van der Waals surface area contributed by atoms with Crippen LogP contribution in [-0.2, 0) is 16.1 Å². The van der Waals surface area contributed by atoms with E-state index in [1.807, 2.05) is 25.4 Å². The predicted octanol–water partition coefficient (Wildman–Crippen LogP) is 4.54. The number of pyridine rings is 1. The van der Waals surface area contributed by atoms with Crippen LogP contribution in [0, 0.1) is 12.8 Å². The molecule has 2 rings (SSSR count). The smallest absolute Gasteiger partial charge is 0.222 e. The molecule has 6 nitrogen and oxygen atoms in total. The number of likely N-dealkylation sites (N-methyl/N-ethyl adjacent to an activating group) is 1. The van der Waals surface area contributed by atoms with Gasteiger partial charge in [-0.3, -0.25) is 9.78 Å². The molecular formula is C23H36N4O2. The average Bonchev–Trinajstić information content (AvgIpc) is 3.02. The fraction of sp³-hybridized carbons (Fsp3) is 0.652. The number of hydrogen-bond donors (Lipinski definition) is 0. The number of aryl methyl sites for hydroxylation is 2. The summed E-state index contributed by atoms with van der Waals surface area (Å²) in [6, 6.07) is 1.74. The van der Waals surface area contributed by atoms with Gasteiger partial charge in [-0.2, -0.15) is 0 Å². The van der Waals surface area contributed by atoms with Gasteiger partial charge in [0.2, 0.25) is 5.91 Å². The van der Waals surface area contributed by atoms with E-state index in [0.29, 0.717) is 12.3 Å². The first-order chi connectivity index (χ1) is 13.9. The standard InChI is InChI=1S/C23H36N4O2/c1-18(2)15-20(17-28)26(4)23(29)11-9-7-5-6-8-10-14-27-19(3)25-21-16-24-13-12-22(21)27/h12-13,16-18,20H,5-11,14-15H2,1-4H3/t20-/m0/s1. The fourth-order valence-corrected chi connectivity index (χ4v) is 3.79. The van der Waals surface area contributed by atoms with Crippen molar-refractivity contribution in [3.05, 3.63) is 24.3 Å². The van der Waals surface area contributed by atoms with Crippen molar-refractivity contribution in [2.24, 2.45) is 5.92 Å². The molecule has 0 saturated carbocycles. The van der Waals surface area contributed by atoms with Gasteiger partial charge < -0.3 is 14.3 Å². The van der Waals surface area contributed by atoms with Crippen LogP contribution < -0.4 is 0 Å². The highest BCUT2D eigenvalue weighted by Gasteiger charge is 2.19. The van der Waals surface area contributed by atoms with Crippen LogP contribution in [0.25, 0.3) is 11.0 Å². The Kier molecular flexibility index (Phi) is 9.29. The number of aromatic nitrogens is 3. The van der Waals surface area contributed by atoms with E-state index >= 15 is 0 Å². The Balaban J connectivity index is 1.59. The lowest BCUT2D eigenvalue weighted by molar-refractivity contribution is -0.135. The zero-order valence-electron chi connectivity index (χ0n) is 18.4. The summed E-state index contributed by atoms with van der Waals surface area (Å²) < 4.78 is 2.27. The number of unbranched alkanes of at least 4 members (excludes halogenated alkanes) is 5. The van der Waals surface area contributed by atoms with Gasteiger partial charge in [0.1, 0.15) is 17.6 Å². The molecule has 2 heterocycles. The minimum atomic E-state index is -0.291. The van der Waals surface area contributed by atoms with Crippen LogP contribution in [0.5, 0.6) is 0 Å². The molecule has 0 unspecified atom stereocenters. The molecule has 0 bridgehead atoms. The number of carbonyl (C=O) groups is 2. The summed E-state index contributed by atoms with van der Waals surface area (Å²) in [4.78, 5) is 33.8. The quantitative estimate of drug-likeness (QED) is 0.366. The van der Waals surface area contributed by atoms with Crippen LogP contribution in [0.1, 0.15) is 71.0 Å². The van der Waals surface area contributed by atoms with Gasteiger partial charge in [-0.15, -0.1) is 0 Å². The molecule has 160 valence electrons. The van der Waals surface area contributed by atoms with Crippen LogP contribution in [0.2, 0.25) is 0 Å². The predicted molar refractivity (Wildman–Crippen MR) is 117 cm³/mol. The van der Waals surface area contributed by atoms with Gasteiger partial charge in [0, 0.05) is 26.2 Å². The molecule has 6 heteroatoms. The highest BCUT2D eigenvalue weighted by Crippen LogP contribution is 2.16. The monoisotopic (exact) mass is 400 g/mol. The summed E-state index contributed by atoms with van der Waals surface area (Å²) in [6.07, 6.45) is 12.4. The Morgan fingerprint density at radius 2 is 1.86 bits per heavy atom. The SMILES string of the molecule is Cc1nc2cnccc2n1CCCCCCCCC(=O)N(C)[C@H](C=O)CC(C)C. The van der Waals surface area contributed by atoms with Gasteiger partial charge >= 0.3 is 0 Å². The first kappa shape index (κ1) is 23.0. The van der Waals surface area contributed by atoms with E-state index in [1.54, 1.807) is 11.9 Å². The van der Waals surface area contributed by atoms with Crippen LogP contribution >= 0.6 is 0 Å². The zero-order chi connectivity index (χ0) is 21.2. The lowest BCUT2D eigenvalue weighted by atomic mass is 10.0. The average molecular weight is 401 g/mol. The maximum atomic E-state index is 12.3. The molecular weight excluding hydrogens is 364 g/mol. The Morgan fingerprint density at radius 1 is 1.17 bits per heavy atom. The van der Waals surface area contributed by atoms with Gasteiger partial charge in [-0.05, 0) is 38.2 Å². The lowest BCUT2D eigenvalue weighted by Gasteiger charge is -2.25. The Morgan fingerprint density at radius 3 is 2.55 bits per heavy atom. The third-order valence-corrected chi connectivity index (χ3v) is 5.52. The van der Waals surface area contributed by atoms with Crippen molar-refractivity contribution in [1.29, 1.82) is 0 Å². The van der Waals surface area contributed by atoms with E-state index in [-0.39, 0.29) is 11.9 Å². The summed E-state index contributed by atoms with van der Waals surface area (Å²) in [5, 5.41) is 0. The normalized spacial score (nSPS) is 12.4. The van der Waals surface area contributed by atoms with Crippen molar-refractivity contribution in [3.63, 3.8) is 0 Å². The number of aldehydes is 1. The molecule has 0 spiro atoms. The van der Waals surface area contributed by atoms with Gasteiger partial charge in [0.15, 0.2) is 0 Å². The van der Waals surface area contributed by atoms with Crippen molar-refractivity contribution < 1.29 is 9.59 Å². The van der Waals surface area contributed by atoms with E-state index in [2.05, 4.69) is 28.4 Å². The van der Waals surface area contributed by atoms with Crippen LogP contribution in [0.15, 0.2) is 18.5 Å². The Bertz CT molecular complexity index is 784. The third kappa shape index (κ3) is 6.94. The number of rotatable bonds is 13. The molecule has 0 radical (unpaired) electrons. The second-order valence-corrected chi connectivity index (χ2v) is 8.38. The summed E-state index contributed by atoms with van der Waals surface area (Å²) in [5.74, 6) is 1.53. The van der Waals surface area contributed by atoms with E-state index in [4.69, 9.17) is 0 Å². The third-order valence-electron chi connectivity index (χ3n) is 5.52. The number of nitrogens with zero attached hydrogens (tertiary/aromatic N) is 4. The van der Waals surface area contributed by atoms with Crippen molar-refractivity contribution in [1.82, 2.24) is 19.4 Å². The molecule has 0 N–H and O–H groups in total. The van der Waals surface area contributed by atoms with Crippen molar-refractivity contribution in [2.75, 3.05) is 7.05 Å². The first-order valence-electron chi connectivity index (χ1n) is 10.9. The Hall–Kier alpha value is -2.24. The second-order valence-electron chi connectivity index (χ2n) is 8.38. The summed E-state index contributed by atoms with van der Waals surface area (Å²) >= 11 is 0. The van der Waals surface area contributed by atoms with Gasteiger partial charge in [0.05, 0.1) is 17.8 Å². The van der Waals surface area contributed by atoms with E-state index in [0.717, 1.165) is 61.8 Å². The van der Waals surface area contributed by atoms with E-state index < -0.39 is 0 Å². The molecule has 0 aromatic carbocycles.